The van der Waals surface area contributed by atoms with Crippen molar-refractivity contribution in [1.82, 2.24) is 15.0 Å². The van der Waals surface area contributed by atoms with Crippen LogP contribution in [0.4, 0.5) is 17.3 Å². The van der Waals surface area contributed by atoms with Gasteiger partial charge in [0, 0.05) is 30.7 Å². The molecular formula is C17H17N5. The van der Waals surface area contributed by atoms with Gasteiger partial charge in [-0.25, -0.2) is 9.97 Å². The Morgan fingerprint density at radius 2 is 1.77 bits per heavy atom. The summed E-state index contributed by atoms with van der Waals surface area (Å²) in [5, 5.41) is 6.56. The van der Waals surface area contributed by atoms with E-state index < -0.39 is 0 Å². The van der Waals surface area contributed by atoms with Crippen LogP contribution in [0.25, 0.3) is 0 Å². The lowest BCUT2D eigenvalue weighted by molar-refractivity contribution is 1.07. The first-order valence-corrected chi connectivity index (χ1v) is 7.08. The first-order valence-electron chi connectivity index (χ1n) is 7.08. The van der Waals surface area contributed by atoms with Crippen LogP contribution in [-0.4, -0.2) is 15.0 Å². The molecule has 0 spiro atoms. The van der Waals surface area contributed by atoms with Crippen molar-refractivity contribution < 1.29 is 0 Å². The monoisotopic (exact) mass is 291 g/mol. The van der Waals surface area contributed by atoms with E-state index in [4.69, 9.17) is 0 Å². The van der Waals surface area contributed by atoms with E-state index in [0.29, 0.717) is 6.54 Å². The number of pyridine rings is 1. The third-order valence-corrected chi connectivity index (χ3v) is 3.18. The van der Waals surface area contributed by atoms with E-state index in [2.05, 4.69) is 44.6 Å². The van der Waals surface area contributed by atoms with Crippen LogP contribution in [0.3, 0.4) is 0 Å². The molecule has 2 N–H and O–H groups in total. The molecule has 0 unspecified atom stereocenters. The summed E-state index contributed by atoms with van der Waals surface area (Å²) >= 11 is 0. The lowest BCUT2D eigenvalue weighted by Gasteiger charge is -2.09. The van der Waals surface area contributed by atoms with Gasteiger partial charge in [0.15, 0.2) is 0 Å². The fourth-order valence-electron chi connectivity index (χ4n) is 2.09. The van der Waals surface area contributed by atoms with E-state index in [9.17, 15) is 0 Å². The topological polar surface area (TPSA) is 62.7 Å². The molecule has 0 saturated heterocycles. The number of aryl methyl sites for hydroxylation is 1. The molecule has 3 rings (SSSR count). The zero-order valence-electron chi connectivity index (χ0n) is 12.3. The van der Waals surface area contributed by atoms with Crippen LogP contribution >= 0.6 is 0 Å². The molecule has 0 aliphatic heterocycles. The Morgan fingerprint density at radius 1 is 0.955 bits per heavy atom. The van der Waals surface area contributed by atoms with Crippen molar-refractivity contribution in [1.29, 1.82) is 0 Å². The normalized spacial score (nSPS) is 10.2. The molecule has 0 bridgehead atoms. The Morgan fingerprint density at radius 3 is 2.59 bits per heavy atom. The van der Waals surface area contributed by atoms with Gasteiger partial charge in [0.2, 0.25) is 0 Å². The largest absolute Gasteiger partial charge is 0.366 e. The first-order chi connectivity index (χ1) is 10.8. The van der Waals surface area contributed by atoms with Crippen molar-refractivity contribution in [2.45, 2.75) is 13.5 Å². The molecule has 0 saturated carbocycles. The van der Waals surface area contributed by atoms with E-state index in [0.717, 1.165) is 22.9 Å². The molecule has 22 heavy (non-hydrogen) atoms. The van der Waals surface area contributed by atoms with Crippen LogP contribution < -0.4 is 10.6 Å². The molecule has 0 atom stereocenters. The molecule has 2 aromatic heterocycles. The van der Waals surface area contributed by atoms with Crippen LogP contribution in [0.15, 0.2) is 61.2 Å². The van der Waals surface area contributed by atoms with Crippen LogP contribution in [0.2, 0.25) is 0 Å². The molecule has 0 amide bonds. The van der Waals surface area contributed by atoms with Crippen LogP contribution in [0, 0.1) is 6.92 Å². The number of nitrogens with zero attached hydrogens (tertiary/aromatic N) is 3. The van der Waals surface area contributed by atoms with Crippen molar-refractivity contribution >= 4 is 17.3 Å². The van der Waals surface area contributed by atoms with Crippen molar-refractivity contribution in [3.63, 3.8) is 0 Å². The van der Waals surface area contributed by atoms with Gasteiger partial charge >= 0.3 is 0 Å². The van der Waals surface area contributed by atoms with E-state index in [1.54, 1.807) is 18.7 Å². The van der Waals surface area contributed by atoms with Crippen molar-refractivity contribution in [2.24, 2.45) is 0 Å². The third kappa shape index (κ3) is 3.79. The Bertz CT molecular complexity index is 743. The van der Waals surface area contributed by atoms with Crippen molar-refractivity contribution in [3.05, 3.63) is 72.3 Å². The fourth-order valence-corrected chi connectivity index (χ4v) is 2.09. The molecular weight excluding hydrogens is 274 g/mol. The molecule has 5 heteroatoms. The first kappa shape index (κ1) is 14.0. The molecule has 0 aliphatic rings. The van der Waals surface area contributed by atoms with Gasteiger partial charge in [0.1, 0.15) is 18.0 Å². The fraction of sp³-hybridized carbons (Fsp3) is 0.118. The van der Waals surface area contributed by atoms with Crippen LogP contribution in [-0.2, 0) is 6.54 Å². The molecule has 110 valence electrons. The SMILES string of the molecule is Cc1cccc(Nc2cc(NCc3ccncc3)ncn2)c1. The lowest BCUT2D eigenvalue weighted by atomic mass is 10.2. The van der Waals surface area contributed by atoms with E-state index in [1.165, 1.54) is 5.56 Å². The van der Waals surface area contributed by atoms with E-state index in [-0.39, 0.29) is 0 Å². The highest BCUT2D eigenvalue weighted by molar-refractivity contribution is 5.59. The molecule has 2 heterocycles. The van der Waals surface area contributed by atoms with E-state index in [1.807, 2.05) is 30.3 Å². The minimum Gasteiger partial charge on any atom is -0.366 e. The summed E-state index contributed by atoms with van der Waals surface area (Å²) in [4.78, 5) is 12.5. The standard InChI is InChI=1S/C17H17N5/c1-13-3-2-4-15(9-13)22-17-10-16(20-12-21-17)19-11-14-5-7-18-8-6-14/h2-10,12H,11H2,1H3,(H2,19,20,21,22). The van der Waals surface area contributed by atoms with Crippen molar-refractivity contribution in [3.8, 4) is 0 Å². The number of nitrogens with one attached hydrogen (secondary N) is 2. The summed E-state index contributed by atoms with van der Waals surface area (Å²) in [6.07, 6.45) is 5.11. The molecule has 3 aromatic rings. The molecule has 5 nitrogen and oxygen atoms in total. The van der Waals surface area contributed by atoms with E-state index >= 15 is 0 Å². The summed E-state index contributed by atoms with van der Waals surface area (Å²) in [5.41, 5.74) is 3.37. The van der Waals surface area contributed by atoms with Gasteiger partial charge < -0.3 is 10.6 Å². The number of anilines is 3. The highest BCUT2D eigenvalue weighted by Crippen LogP contribution is 2.17. The number of hydrogen-bond acceptors (Lipinski definition) is 5. The average molecular weight is 291 g/mol. The van der Waals surface area contributed by atoms with Gasteiger partial charge in [-0.15, -0.1) is 0 Å². The van der Waals surface area contributed by atoms with Gasteiger partial charge in [-0.05, 0) is 42.3 Å². The summed E-state index contributed by atoms with van der Waals surface area (Å²) < 4.78 is 0. The van der Waals surface area contributed by atoms with Crippen LogP contribution in [0.5, 0.6) is 0 Å². The van der Waals surface area contributed by atoms with Gasteiger partial charge in [-0.3, -0.25) is 4.98 Å². The lowest BCUT2D eigenvalue weighted by Crippen LogP contribution is -2.03. The van der Waals surface area contributed by atoms with Gasteiger partial charge in [-0.1, -0.05) is 12.1 Å². The Balaban J connectivity index is 1.67. The minimum absolute atomic E-state index is 0.698. The molecule has 0 radical (unpaired) electrons. The van der Waals surface area contributed by atoms with Gasteiger partial charge in [0.25, 0.3) is 0 Å². The zero-order valence-corrected chi connectivity index (χ0v) is 12.3. The summed E-state index contributed by atoms with van der Waals surface area (Å²) in [6, 6.07) is 14.0. The zero-order chi connectivity index (χ0) is 15.2. The maximum absolute atomic E-state index is 4.25. The maximum Gasteiger partial charge on any atom is 0.135 e. The second-order valence-corrected chi connectivity index (χ2v) is 4.99. The average Bonchev–Trinajstić information content (AvgIpc) is 2.54. The van der Waals surface area contributed by atoms with Gasteiger partial charge in [-0.2, -0.15) is 0 Å². The molecule has 1 aromatic carbocycles. The predicted molar refractivity (Wildman–Crippen MR) is 88.1 cm³/mol. The highest BCUT2D eigenvalue weighted by Gasteiger charge is 2.00. The molecule has 0 aliphatic carbocycles. The Hall–Kier alpha value is -2.95. The Labute approximate surface area is 129 Å². The van der Waals surface area contributed by atoms with Crippen molar-refractivity contribution in [2.75, 3.05) is 10.6 Å². The second-order valence-electron chi connectivity index (χ2n) is 4.99. The number of benzene rings is 1. The smallest absolute Gasteiger partial charge is 0.135 e. The van der Waals surface area contributed by atoms with Crippen LogP contribution in [0.1, 0.15) is 11.1 Å². The maximum atomic E-state index is 4.25. The number of hydrogen-bond donors (Lipinski definition) is 2. The predicted octanol–water partition coefficient (Wildman–Crippen LogP) is 3.54. The molecule has 0 fully saturated rings. The second kappa shape index (κ2) is 6.67. The minimum atomic E-state index is 0.698. The summed E-state index contributed by atoms with van der Waals surface area (Å²) in [5.74, 6) is 1.54. The number of aromatic nitrogens is 3. The Kier molecular flexibility index (Phi) is 4.25. The highest BCUT2D eigenvalue weighted by atomic mass is 15.1. The van der Waals surface area contributed by atoms with Gasteiger partial charge in [0.05, 0.1) is 0 Å². The summed E-state index contributed by atoms with van der Waals surface area (Å²) in [7, 11) is 0. The summed E-state index contributed by atoms with van der Waals surface area (Å²) in [6.45, 7) is 2.76. The third-order valence-electron chi connectivity index (χ3n) is 3.18. The quantitative estimate of drug-likeness (QED) is 0.753. The number of rotatable bonds is 5.